The van der Waals surface area contributed by atoms with Crippen molar-refractivity contribution in [2.45, 2.75) is 6.23 Å². The topological polar surface area (TPSA) is 101 Å². The van der Waals surface area contributed by atoms with Crippen molar-refractivity contribution in [3.8, 4) is 0 Å². The number of nitrogens with one attached hydrogen (secondary N) is 1. The Kier molecular flexibility index (Phi) is 3.63. The van der Waals surface area contributed by atoms with Gasteiger partial charge in [0.1, 0.15) is 11.4 Å². The largest absolute Gasteiger partial charge is 0.368 e. The molecule has 7 nitrogen and oxygen atoms in total. The van der Waals surface area contributed by atoms with Crippen LogP contribution in [0, 0.1) is 10.1 Å². The van der Waals surface area contributed by atoms with Crippen LogP contribution < -0.4 is 5.32 Å². The van der Waals surface area contributed by atoms with Gasteiger partial charge < -0.3 is 10.4 Å². The van der Waals surface area contributed by atoms with Gasteiger partial charge >= 0.3 is 0 Å². The first kappa shape index (κ1) is 13.9. The molecular weight excluding hydrogens is 284 g/mol. The average molecular weight is 296 g/mol. The zero-order valence-electron chi connectivity index (χ0n) is 11.4. The van der Waals surface area contributed by atoms with Crippen LogP contribution in [0.25, 0.3) is 11.0 Å². The molecular formula is C15H12N4O3. The summed E-state index contributed by atoms with van der Waals surface area (Å²) in [7, 11) is 0. The highest BCUT2D eigenvalue weighted by molar-refractivity contribution is 5.73. The first-order chi connectivity index (χ1) is 10.6. The zero-order valence-corrected chi connectivity index (χ0v) is 11.4. The van der Waals surface area contributed by atoms with Crippen LogP contribution in [0.4, 0.5) is 11.4 Å². The summed E-state index contributed by atoms with van der Waals surface area (Å²) in [4.78, 5) is 19.0. The molecule has 0 spiro atoms. The van der Waals surface area contributed by atoms with Crippen molar-refractivity contribution in [3.05, 3.63) is 70.5 Å². The van der Waals surface area contributed by atoms with E-state index in [9.17, 15) is 15.2 Å². The smallest absolute Gasteiger partial charge is 0.292 e. The second-order valence-electron chi connectivity index (χ2n) is 4.60. The molecule has 2 aromatic carbocycles. The molecule has 0 radical (unpaired) electrons. The van der Waals surface area contributed by atoms with Crippen LogP contribution in [0.3, 0.4) is 0 Å². The van der Waals surface area contributed by atoms with Gasteiger partial charge in [-0.15, -0.1) is 0 Å². The maximum Gasteiger partial charge on any atom is 0.292 e. The van der Waals surface area contributed by atoms with Gasteiger partial charge in [0.25, 0.3) is 5.69 Å². The number of hydrogen-bond donors (Lipinski definition) is 2. The number of aliphatic hydroxyl groups excluding tert-OH is 1. The molecule has 0 aliphatic heterocycles. The number of benzene rings is 2. The van der Waals surface area contributed by atoms with Crippen LogP contribution in [0.2, 0.25) is 0 Å². The SMILES string of the molecule is O=[N+]([O-])c1ccccc1NC(O)c1cnc2ccccc2n1. The fourth-order valence-corrected chi connectivity index (χ4v) is 2.08. The summed E-state index contributed by atoms with van der Waals surface area (Å²) in [6, 6.07) is 13.4. The lowest BCUT2D eigenvalue weighted by molar-refractivity contribution is -0.384. The molecule has 0 saturated carbocycles. The van der Waals surface area contributed by atoms with Crippen LogP contribution in [0.1, 0.15) is 11.9 Å². The van der Waals surface area contributed by atoms with E-state index >= 15 is 0 Å². The number of nitrogens with zero attached hydrogens (tertiary/aromatic N) is 3. The van der Waals surface area contributed by atoms with Crippen LogP contribution in [-0.4, -0.2) is 20.0 Å². The molecule has 1 unspecified atom stereocenters. The van der Waals surface area contributed by atoms with Gasteiger partial charge in [-0.25, -0.2) is 4.98 Å². The minimum Gasteiger partial charge on any atom is -0.368 e. The Labute approximate surface area is 125 Å². The first-order valence-corrected chi connectivity index (χ1v) is 6.55. The van der Waals surface area contributed by atoms with Crippen molar-refractivity contribution >= 4 is 22.4 Å². The molecule has 0 aliphatic rings. The molecule has 0 bridgehead atoms. The van der Waals surface area contributed by atoms with Gasteiger partial charge in [0, 0.05) is 6.07 Å². The van der Waals surface area contributed by atoms with E-state index in [2.05, 4.69) is 15.3 Å². The highest BCUT2D eigenvalue weighted by atomic mass is 16.6. The summed E-state index contributed by atoms with van der Waals surface area (Å²) < 4.78 is 0. The van der Waals surface area contributed by atoms with E-state index in [4.69, 9.17) is 0 Å². The summed E-state index contributed by atoms with van der Waals surface area (Å²) in [5.74, 6) is 0. The molecule has 1 atom stereocenters. The average Bonchev–Trinajstić information content (AvgIpc) is 2.54. The predicted molar refractivity (Wildman–Crippen MR) is 81.2 cm³/mol. The number of aromatic nitrogens is 2. The lowest BCUT2D eigenvalue weighted by atomic mass is 10.2. The van der Waals surface area contributed by atoms with Crippen LogP contribution in [0.15, 0.2) is 54.7 Å². The van der Waals surface area contributed by atoms with Crippen molar-refractivity contribution in [2.75, 3.05) is 5.32 Å². The number of para-hydroxylation sites is 4. The van der Waals surface area contributed by atoms with Gasteiger partial charge in [0.2, 0.25) is 0 Å². The Morgan fingerprint density at radius 3 is 2.55 bits per heavy atom. The van der Waals surface area contributed by atoms with Crippen molar-refractivity contribution in [3.63, 3.8) is 0 Å². The lowest BCUT2D eigenvalue weighted by Gasteiger charge is -2.13. The fraction of sp³-hybridized carbons (Fsp3) is 0.0667. The Bertz CT molecular complexity index is 838. The summed E-state index contributed by atoms with van der Waals surface area (Å²) in [5.41, 5.74) is 1.75. The number of nitro groups is 1. The predicted octanol–water partition coefficient (Wildman–Crippen LogP) is 2.64. The molecule has 22 heavy (non-hydrogen) atoms. The summed E-state index contributed by atoms with van der Waals surface area (Å²) >= 11 is 0. The normalized spacial score (nSPS) is 12.0. The van der Waals surface area contributed by atoms with E-state index in [1.165, 1.54) is 18.3 Å². The first-order valence-electron chi connectivity index (χ1n) is 6.55. The monoisotopic (exact) mass is 296 g/mol. The fourth-order valence-electron chi connectivity index (χ4n) is 2.08. The number of rotatable bonds is 4. The maximum absolute atomic E-state index is 11.0. The minimum atomic E-state index is -1.20. The van der Waals surface area contributed by atoms with Gasteiger partial charge in [-0.05, 0) is 18.2 Å². The van der Waals surface area contributed by atoms with E-state index in [0.29, 0.717) is 11.0 Å². The number of anilines is 1. The number of nitro benzene ring substituents is 1. The molecule has 0 fully saturated rings. The summed E-state index contributed by atoms with van der Waals surface area (Å²) in [6.07, 6.45) is 0.243. The third kappa shape index (κ3) is 2.70. The molecule has 7 heteroatoms. The summed E-state index contributed by atoms with van der Waals surface area (Å²) in [5, 5.41) is 23.9. The zero-order chi connectivity index (χ0) is 15.5. The van der Waals surface area contributed by atoms with Crippen LogP contribution in [0.5, 0.6) is 0 Å². The number of aliphatic hydroxyl groups is 1. The number of hydrogen-bond acceptors (Lipinski definition) is 6. The minimum absolute atomic E-state index is 0.115. The standard InChI is InChI=1S/C15H12N4O3/c20-15(18-12-7-3-4-8-14(12)19(21)22)13-9-16-10-5-1-2-6-11(10)17-13/h1-9,15,18,20H. The molecule has 1 aromatic heterocycles. The third-order valence-corrected chi connectivity index (χ3v) is 3.14. The van der Waals surface area contributed by atoms with Gasteiger partial charge in [-0.3, -0.25) is 15.1 Å². The third-order valence-electron chi connectivity index (χ3n) is 3.14. The molecule has 1 heterocycles. The Hall–Kier alpha value is -3.06. The quantitative estimate of drug-likeness (QED) is 0.436. The van der Waals surface area contributed by atoms with Crippen molar-refractivity contribution in [2.24, 2.45) is 0 Å². The van der Waals surface area contributed by atoms with E-state index in [1.807, 2.05) is 18.2 Å². The summed E-state index contributed by atoms with van der Waals surface area (Å²) in [6.45, 7) is 0. The van der Waals surface area contributed by atoms with Gasteiger partial charge in [-0.2, -0.15) is 0 Å². The van der Waals surface area contributed by atoms with Gasteiger partial charge in [-0.1, -0.05) is 24.3 Å². The second kappa shape index (κ2) is 5.74. The molecule has 3 aromatic rings. The Balaban J connectivity index is 1.90. The highest BCUT2D eigenvalue weighted by Gasteiger charge is 2.17. The maximum atomic E-state index is 11.0. The van der Waals surface area contributed by atoms with Crippen LogP contribution in [-0.2, 0) is 0 Å². The lowest BCUT2D eigenvalue weighted by Crippen LogP contribution is -2.13. The molecule has 0 aliphatic carbocycles. The van der Waals surface area contributed by atoms with Gasteiger partial charge in [0.15, 0.2) is 6.23 Å². The van der Waals surface area contributed by atoms with E-state index in [1.54, 1.807) is 18.2 Å². The van der Waals surface area contributed by atoms with E-state index in [-0.39, 0.29) is 17.1 Å². The van der Waals surface area contributed by atoms with Crippen LogP contribution >= 0.6 is 0 Å². The molecule has 110 valence electrons. The van der Waals surface area contributed by atoms with Crippen molar-refractivity contribution in [1.29, 1.82) is 0 Å². The molecule has 0 amide bonds. The molecule has 0 saturated heterocycles. The van der Waals surface area contributed by atoms with Gasteiger partial charge in [0.05, 0.1) is 22.2 Å². The van der Waals surface area contributed by atoms with Crippen molar-refractivity contribution in [1.82, 2.24) is 9.97 Å². The molecule has 3 rings (SSSR count). The van der Waals surface area contributed by atoms with E-state index in [0.717, 1.165) is 0 Å². The second-order valence-corrected chi connectivity index (χ2v) is 4.60. The number of fused-ring (bicyclic) bond motifs is 1. The molecule has 2 N–H and O–H groups in total. The Morgan fingerprint density at radius 2 is 1.77 bits per heavy atom. The van der Waals surface area contributed by atoms with E-state index < -0.39 is 11.2 Å². The highest BCUT2D eigenvalue weighted by Crippen LogP contribution is 2.26. The van der Waals surface area contributed by atoms with Crippen molar-refractivity contribution < 1.29 is 10.0 Å². The Morgan fingerprint density at radius 1 is 1.09 bits per heavy atom.